The number of rotatable bonds is 4. The highest BCUT2D eigenvalue weighted by atomic mass is 79.9. The standard InChI is InChI=1S/C18H17BrFNO2/c19-15-8-6-14(7-9-15)18(10-16(20)11-18)21-17(22)23-12-13-4-2-1-3-5-13/h1-9,16H,10-12H2,(H,21,22). The number of nitrogens with one attached hydrogen (secondary N) is 1. The van der Waals surface area contributed by atoms with Crippen LogP contribution in [0.25, 0.3) is 0 Å². The number of carbonyl (C=O) groups is 1. The number of alkyl halides is 1. The summed E-state index contributed by atoms with van der Waals surface area (Å²) in [6.45, 7) is 0.197. The maximum atomic E-state index is 13.5. The van der Waals surface area contributed by atoms with E-state index in [1.54, 1.807) is 0 Å². The van der Waals surface area contributed by atoms with E-state index in [1.165, 1.54) is 0 Å². The summed E-state index contributed by atoms with van der Waals surface area (Å²) in [5, 5.41) is 2.85. The molecule has 0 heterocycles. The van der Waals surface area contributed by atoms with Gasteiger partial charge in [0.2, 0.25) is 0 Å². The minimum atomic E-state index is -0.895. The van der Waals surface area contributed by atoms with Gasteiger partial charge in [-0.15, -0.1) is 0 Å². The van der Waals surface area contributed by atoms with E-state index >= 15 is 0 Å². The fraction of sp³-hybridized carbons (Fsp3) is 0.278. The van der Waals surface area contributed by atoms with Crippen LogP contribution >= 0.6 is 15.9 Å². The summed E-state index contributed by atoms with van der Waals surface area (Å²) < 4.78 is 19.7. The molecule has 0 radical (unpaired) electrons. The maximum absolute atomic E-state index is 13.5. The first-order valence-electron chi connectivity index (χ1n) is 7.46. The van der Waals surface area contributed by atoms with Crippen molar-refractivity contribution in [2.24, 2.45) is 0 Å². The van der Waals surface area contributed by atoms with Gasteiger partial charge in [-0.2, -0.15) is 0 Å². The second-order valence-electron chi connectivity index (χ2n) is 5.78. The van der Waals surface area contributed by atoms with Crippen molar-refractivity contribution in [3.8, 4) is 0 Å². The maximum Gasteiger partial charge on any atom is 0.408 e. The molecule has 0 unspecified atom stereocenters. The Morgan fingerprint density at radius 3 is 2.43 bits per heavy atom. The molecule has 1 amide bonds. The predicted octanol–water partition coefficient (Wildman–Crippen LogP) is 4.70. The minimum absolute atomic E-state index is 0.197. The van der Waals surface area contributed by atoms with Crippen molar-refractivity contribution >= 4 is 22.0 Å². The van der Waals surface area contributed by atoms with Crippen LogP contribution in [0.3, 0.4) is 0 Å². The summed E-state index contributed by atoms with van der Waals surface area (Å²) in [6, 6.07) is 17.0. The van der Waals surface area contributed by atoms with Gasteiger partial charge in [0.25, 0.3) is 0 Å². The Hall–Kier alpha value is -1.88. The van der Waals surface area contributed by atoms with Crippen LogP contribution < -0.4 is 5.32 Å². The third-order valence-electron chi connectivity index (χ3n) is 4.09. The van der Waals surface area contributed by atoms with Gasteiger partial charge in [0.1, 0.15) is 12.8 Å². The van der Waals surface area contributed by atoms with Crippen LogP contribution in [-0.2, 0) is 16.9 Å². The highest BCUT2D eigenvalue weighted by molar-refractivity contribution is 9.10. The lowest BCUT2D eigenvalue weighted by Gasteiger charge is -2.44. The van der Waals surface area contributed by atoms with E-state index in [1.807, 2.05) is 54.6 Å². The molecular formula is C18H17BrFNO2. The molecule has 0 atom stereocenters. The lowest BCUT2D eigenvalue weighted by molar-refractivity contribution is 0.0530. The first kappa shape index (κ1) is 16.0. The van der Waals surface area contributed by atoms with Crippen molar-refractivity contribution in [3.63, 3.8) is 0 Å². The van der Waals surface area contributed by atoms with Gasteiger partial charge in [0.15, 0.2) is 0 Å². The van der Waals surface area contributed by atoms with E-state index in [0.29, 0.717) is 0 Å². The second-order valence-corrected chi connectivity index (χ2v) is 6.70. The van der Waals surface area contributed by atoms with Crippen LogP contribution in [-0.4, -0.2) is 12.3 Å². The Morgan fingerprint density at radius 1 is 1.17 bits per heavy atom. The molecule has 0 aliphatic heterocycles. The average Bonchev–Trinajstić information content (AvgIpc) is 2.53. The van der Waals surface area contributed by atoms with Gasteiger partial charge in [0.05, 0.1) is 5.54 Å². The summed E-state index contributed by atoms with van der Waals surface area (Å²) in [5.41, 5.74) is 1.14. The molecule has 120 valence electrons. The Morgan fingerprint density at radius 2 is 1.83 bits per heavy atom. The zero-order valence-corrected chi connectivity index (χ0v) is 14.1. The van der Waals surface area contributed by atoms with E-state index in [2.05, 4.69) is 21.2 Å². The first-order valence-corrected chi connectivity index (χ1v) is 8.26. The van der Waals surface area contributed by atoms with Crippen molar-refractivity contribution < 1.29 is 13.9 Å². The van der Waals surface area contributed by atoms with Gasteiger partial charge in [-0.05, 0) is 23.3 Å². The van der Waals surface area contributed by atoms with Gasteiger partial charge in [-0.3, -0.25) is 0 Å². The number of benzene rings is 2. The van der Waals surface area contributed by atoms with Crippen molar-refractivity contribution in [3.05, 3.63) is 70.2 Å². The fourth-order valence-corrected chi connectivity index (χ4v) is 3.09. The van der Waals surface area contributed by atoms with Crippen molar-refractivity contribution in [1.29, 1.82) is 0 Å². The molecule has 0 aromatic heterocycles. The predicted molar refractivity (Wildman–Crippen MR) is 89.7 cm³/mol. The molecule has 0 bridgehead atoms. The number of halogens is 2. The van der Waals surface area contributed by atoms with E-state index in [0.717, 1.165) is 15.6 Å². The normalized spacial score (nSPS) is 23.0. The molecule has 1 aliphatic carbocycles. The van der Waals surface area contributed by atoms with Gasteiger partial charge >= 0.3 is 6.09 Å². The number of ether oxygens (including phenoxy) is 1. The lowest BCUT2D eigenvalue weighted by Crippen LogP contribution is -2.55. The highest BCUT2D eigenvalue weighted by Gasteiger charge is 2.47. The molecule has 1 aliphatic rings. The molecule has 0 saturated heterocycles. The fourth-order valence-electron chi connectivity index (χ4n) is 2.83. The number of carbonyl (C=O) groups excluding carboxylic acids is 1. The molecule has 2 aromatic rings. The first-order chi connectivity index (χ1) is 11.1. The van der Waals surface area contributed by atoms with Gasteiger partial charge < -0.3 is 10.1 Å². The molecule has 0 spiro atoms. The number of hydrogen-bond donors (Lipinski definition) is 1. The third-order valence-corrected chi connectivity index (χ3v) is 4.62. The summed E-state index contributed by atoms with van der Waals surface area (Å²) in [7, 11) is 0. The smallest absolute Gasteiger partial charge is 0.408 e. The molecule has 1 N–H and O–H groups in total. The SMILES string of the molecule is O=C(NC1(c2ccc(Br)cc2)CC(F)C1)OCc1ccccc1. The number of amides is 1. The largest absolute Gasteiger partial charge is 0.445 e. The third kappa shape index (κ3) is 3.72. The van der Waals surface area contributed by atoms with Crippen LogP contribution in [0.1, 0.15) is 24.0 Å². The van der Waals surface area contributed by atoms with Crippen LogP contribution in [0.5, 0.6) is 0 Å². The van der Waals surface area contributed by atoms with Crippen molar-refractivity contribution in [2.45, 2.75) is 31.2 Å². The van der Waals surface area contributed by atoms with Gasteiger partial charge in [-0.25, -0.2) is 9.18 Å². The Bertz CT molecular complexity index is 669. The number of hydrogen-bond acceptors (Lipinski definition) is 2. The molecule has 3 rings (SSSR count). The Balaban J connectivity index is 1.65. The zero-order chi connectivity index (χ0) is 16.3. The lowest BCUT2D eigenvalue weighted by atomic mass is 9.70. The molecule has 2 aromatic carbocycles. The summed E-state index contributed by atoms with van der Waals surface area (Å²) >= 11 is 3.38. The van der Waals surface area contributed by atoms with Gasteiger partial charge in [-0.1, -0.05) is 58.4 Å². The van der Waals surface area contributed by atoms with Crippen molar-refractivity contribution in [1.82, 2.24) is 5.32 Å². The highest BCUT2D eigenvalue weighted by Crippen LogP contribution is 2.43. The molecular weight excluding hydrogens is 361 g/mol. The van der Waals surface area contributed by atoms with Crippen LogP contribution in [0.15, 0.2) is 59.1 Å². The Kier molecular flexibility index (Phi) is 4.66. The number of alkyl carbamates (subject to hydrolysis) is 1. The summed E-state index contributed by atoms with van der Waals surface area (Å²) in [6.07, 6.45) is -0.874. The Labute approximate surface area is 143 Å². The van der Waals surface area contributed by atoms with E-state index < -0.39 is 17.8 Å². The van der Waals surface area contributed by atoms with Crippen LogP contribution in [0, 0.1) is 0 Å². The zero-order valence-electron chi connectivity index (χ0n) is 12.5. The van der Waals surface area contributed by atoms with E-state index in [9.17, 15) is 9.18 Å². The summed E-state index contributed by atoms with van der Waals surface area (Å²) in [5.74, 6) is 0. The molecule has 1 fully saturated rings. The van der Waals surface area contributed by atoms with E-state index in [4.69, 9.17) is 4.74 Å². The van der Waals surface area contributed by atoms with Crippen LogP contribution in [0.4, 0.5) is 9.18 Å². The monoisotopic (exact) mass is 377 g/mol. The average molecular weight is 378 g/mol. The van der Waals surface area contributed by atoms with Gasteiger partial charge in [0, 0.05) is 17.3 Å². The molecule has 1 saturated carbocycles. The quantitative estimate of drug-likeness (QED) is 0.838. The molecule has 5 heteroatoms. The molecule has 3 nitrogen and oxygen atoms in total. The minimum Gasteiger partial charge on any atom is -0.445 e. The molecule has 23 heavy (non-hydrogen) atoms. The van der Waals surface area contributed by atoms with Crippen LogP contribution in [0.2, 0.25) is 0 Å². The second kappa shape index (κ2) is 6.71. The van der Waals surface area contributed by atoms with E-state index in [-0.39, 0.29) is 19.4 Å². The van der Waals surface area contributed by atoms with Crippen molar-refractivity contribution in [2.75, 3.05) is 0 Å². The summed E-state index contributed by atoms with van der Waals surface area (Å²) in [4.78, 5) is 12.1. The topological polar surface area (TPSA) is 38.3 Å².